The Balaban J connectivity index is 2.21. The smallest absolute Gasteiger partial charge is 0.141 e. The number of aromatic nitrogens is 1. The van der Waals surface area contributed by atoms with Gasteiger partial charge in [-0.25, -0.2) is 8.78 Å². The minimum absolute atomic E-state index is 0.0114. The molecule has 0 saturated heterocycles. The van der Waals surface area contributed by atoms with E-state index in [0.717, 1.165) is 6.20 Å². The largest absolute Gasteiger partial charge is 0.388 e. The molecule has 0 aliphatic rings. The number of nitrogens with zero attached hydrogens (tertiary/aromatic N) is 1. The standard InChI is InChI=1S/C13H10ClF2NO/c14-10-1-2-12(16)8(3-10)5-13(18)9-4-11(15)7-17-6-9/h1-4,6-7,13,18H,5H2. The SMILES string of the molecule is OC(Cc1cc(Cl)ccc1F)c1cncc(F)c1. The average molecular weight is 270 g/mol. The van der Waals surface area contributed by atoms with Gasteiger partial charge in [0, 0.05) is 23.2 Å². The van der Waals surface area contributed by atoms with Gasteiger partial charge in [-0.15, -0.1) is 0 Å². The highest BCUT2D eigenvalue weighted by molar-refractivity contribution is 6.30. The fourth-order valence-corrected chi connectivity index (χ4v) is 1.83. The van der Waals surface area contributed by atoms with Gasteiger partial charge in [0.05, 0.1) is 12.3 Å². The molecule has 0 radical (unpaired) electrons. The zero-order chi connectivity index (χ0) is 13.1. The molecule has 0 aliphatic carbocycles. The summed E-state index contributed by atoms with van der Waals surface area (Å²) < 4.78 is 26.4. The molecule has 0 fully saturated rings. The molecule has 0 bridgehead atoms. The van der Waals surface area contributed by atoms with Crippen LogP contribution in [-0.2, 0) is 6.42 Å². The van der Waals surface area contributed by atoms with Crippen LogP contribution in [0.25, 0.3) is 0 Å². The lowest BCUT2D eigenvalue weighted by atomic mass is 10.0. The van der Waals surface area contributed by atoms with E-state index in [1.165, 1.54) is 30.5 Å². The monoisotopic (exact) mass is 269 g/mol. The maximum atomic E-state index is 13.5. The molecule has 0 aliphatic heterocycles. The molecule has 0 amide bonds. The Labute approximate surface area is 108 Å². The summed E-state index contributed by atoms with van der Waals surface area (Å²) in [6, 6.07) is 5.26. The van der Waals surface area contributed by atoms with Crippen LogP contribution in [0.3, 0.4) is 0 Å². The van der Waals surface area contributed by atoms with E-state index in [1.54, 1.807) is 0 Å². The van der Waals surface area contributed by atoms with E-state index in [-0.39, 0.29) is 12.0 Å². The maximum Gasteiger partial charge on any atom is 0.141 e. The molecule has 2 nitrogen and oxygen atoms in total. The number of hydrogen-bond donors (Lipinski definition) is 1. The molecule has 5 heteroatoms. The second-order valence-electron chi connectivity index (χ2n) is 3.89. The number of halogens is 3. The number of pyridine rings is 1. The molecule has 1 aromatic heterocycles. The molecule has 1 heterocycles. The van der Waals surface area contributed by atoms with E-state index in [2.05, 4.69) is 4.98 Å². The van der Waals surface area contributed by atoms with Crippen molar-refractivity contribution in [3.05, 3.63) is 64.4 Å². The Hall–Kier alpha value is -1.52. The highest BCUT2D eigenvalue weighted by atomic mass is 35.5. The van der Waals surface area contributed by atoms with Crippen molar-refractivity contribution >= 4 is 11.6 Å². The first-order valence-corrected chi connectivity index (χ1v) is 5.66. The van der Waals surface area contributed by atoms with Crippen molar-refractivity contribution < 1.29 is 13.9 Å². The summed E-state index contributed by atoms with van der Waals surface area (Å²) in [5, 5.41) is 10.3. The molecule has 0 spiro atoms. The van der Waals surface area contributed by atoms with Gasteiger partial charge in [0.25, 0.3) is 0 Å². The molecule has 2 aromatic rings. The fourth-order valence-electron chi connectivity index (χ4n) is 1.64. The van der Waals surface area contributed by atoms with Gasteiger partial charge in [-0.05, 0) is 29.8 Å². The van der Waals surface area contributed by atoms with Crippen LogP contribution in [0.4, 0.5) is 8.78 Å². The van der Waals surface area contributed by atoms with Gasteiger partial charge in [0.15, 0.2) is 0 Å². The Morgan fingerprint density at radius 2 is 2.00 bits per heavy atom. The number of hydrogen-bond acceptors (Lipinski definition) is 2. The molecule has 2 rings (SSSR count). The fraction of sp³-hybridized carbons (Fsp3) is 0.154. The highest BCUT2D eigenvalue weighted by Gasteiger charge is 2.13. The van der Waals surface area contributed by atoms with E-state index in [1.807, 2.05) is 0 Å². The summed E-state index contributed by atoms with van der Waals surface area (Å²) >= 11 is 5.75. The van der Waals surface area contributed by atoms with Crippen molar-refractivity contribution in [1.29, 1.82) is 0 Å². The van der Waals surface area contributed by atoms with Gasteiger partial charge in [-0.2, -0.15) is 0 Å². The van der Waals surface area contributed by atoms with Crippen LogP contribution in [-0.4, -0.2) is 10.1 Å². The summed E-state index contributed by atoms with van der Waals surface area (Å²) in [6.45, 7) is 0. The summed E-state index contributed by atoms with van der Waals surface area (Å²) in [5.74, 6) is -0.999. The van der Waals surface area contributed by atoms with Gasteiger partial charge >= 0.3 is 0 Å². The average Bonchev–Trinajstić information content (AvgIpc) is 2.34. The van der Waals surface area contributed by atoms with E-state index < -0.39 is 17.7 Å². The lowest BCUT2D eigenvalue weighted by Gasteiger charge is -2.11. The lowest BCUT2D eigenvalue weighted by Crippen LogP contribution is -2.04. The Morgan fingerprint density at radius 3 is 2.72 bits per heavy atom. The summed E-state index contributed by atoms with van der Waals surface area (Å²) in [7, 11) is 0. The molecule has 0 saturated carbocycles. The van der Waals surface area contributed by atoms with Crippen molar-refractivity contribution in [2.24, 2.45) is 0 Å². The lowest BCUT2D eigenvalue weighted by molar-refractivity contribution is 0.176. The summed E-state index contributed by atoms with van der Waals surface area (Å²) in [6.07, 6.45) is 1.37. The second kappa shape index (κ2) is 5.42. The van der Waals surface area contributed by atoms with Crippen molar-refractivity contribution in [2.75, 3.05) is 0 Å². The van der Waals surface area contributed by atoms with E-state index >= 15 is 0 Å². The van der Waals surface area contributed by atoms with Crippen molar-refractivity contribution in [3.63, 3.8) is 0 Å². The van der Waals surface area contributed by atoms with E-state index in [9.17, 15) is 13.9 Å². The predicted molar refractivity (Wildman–Crippen MR) is 64.3 cm³/mol. The number of aliphatic hydroxyl groups excluding tert-OH is 1. The van der Waals surface area contributed by atoms with Crippen LogP contribution < -0.4 is 0 Å². The third-order valence-corrected chi connectivity index (χ3v) is 2.77. The molecular weight excluding hydrogens is 260 g/mol. The molecule has 1 aromatic carbocycles. The molecule has 1 N–H and O–H groups in total. The van der Waals surface area contributed by atoms with E-state index in [0.29, 0.717) is 10.6 Å². The summed E-state index contributed by atoms with van der Waals surface area (Å²) in [4.78, 5) is 3.63. The minimum atomic E-state index is -1.03. The van der Waals surface area contributed by atoms with Gasteiger partial charge in [0.1, 0.15) is 11.6 Å². The minimum Gasteiger partial charge on any atom is -0.388 e. The van der Waals surface area contributed by atoms with E-state index in [4.69, 9.17) is 11.6 Å². The van der Waals surface area contributed by atoms with Crippen LogP contribution in [0.5, 0.6) is 0 Å². The zero-order valence-corrected chi connectivity index (χ0v) is 10.0. The van der Waals surface area contributed by atoms with Crippen molar-refractivity contribution in [1.82, 2.24) is 4.98 Å². The van der Waals surface area contributed by atoms with Crippen LogP contribution in [0.15, 0.2) is 36.7 Å². The predicted octanol–water partition coefficient (Wildman–Crippen LogP) is 3.29. The summed E-state index contributed by atoms with van der Waals surface area (Å²) in [5.41, 5.74) is 0.577. The third kappa shape index (κ3) is 3.03. The Kier molecular flexibility index (Phi) is 3.89. The van der Waals surface area contributed by atoms with Crippen LogP contribution in [0.1, 0.15) is 17.2 Å². The first kappa shape index (κ1) is 12.9. The number of rotatable bonds is 3. The van der Waals surface area contributed by atoms with Crippen LogP contribution >= 0.6 is 11.6 Å². The first-order chi connectivity index (χ1) is 8.56. The van der Waals surface area contributed by atoms with Crippen molar-refractivity contribution in [2.45, 2.75) is 12.5 Å². The number of aliphatic hydroxyl groups is 1. The van der Waals surface area contributed by atoms with Gasteiger partial charge in [0.2, 0.25) is 0 Å². The van der Waals surface area contributed by atoms with Gasteiger partial charge < -0.3 is 5.11 Å². The van der Waals surface area contributed by atoms with Crippen LogP contribution in [0, 0.1) is 11.6 Å². The normalized spacial score (nSPS) is 12.4. The third-order valence-electron chi connectivity index (χ3n) is 2.53. The molecule has 94 valence electrons. The van der Waals surface area contributed by atoms with Gasteiger partial charge in [-0.3, -0.25) is 4.98 Å². The molecule has 1 atom stereocenters. The molecular formula is C13H10ClF2NO. The second-order valence-corrected chi connectivity index (χ2v) is 4.33. The number of benzene rings is 1. The first-order valence-electron chi connectivity index (χ1n) is 5.28. The maximum absolute atomic E-state index is 13.5. The molecule has 18 heavy (non-hydrogen) atoms. The molecule has 1 unspecified atom stereocenters. The Morgan fingerprint density at radius 1 is 1.22 bits per heavy atom. The van der Waals surface area contributed by atoms with Crippen LogP contribution in [0.2, 0.25) is 5.02 Å². The highest BCUT2D eigenvalue weighted by Crippen LogP contribution is 2.22. The topological polar surface area (TPSA) is 33.1 Å². The van der Waals surface area contributed by atoms with Gasteiger partial charge in [-0.1, -0.05) is 11.6 Å². The van der Waals surface area contributed by atoms with Crippen molar-refractivity contribution in [3.8, 4) is 0 Å². The Bertz CT molecular complexity index is 562. The zero-order valence-electron chi connectivity index (χ0n) is 9.28. The quantitative estimate of drug-likeness (QED) is 0.927.